The molecule has 0 amide bonds. The van der Waals surface area contributed by atoms with Crippen molar-refractivity contribution in [2.24, 2.45) is 35.5 Å². The van der Waals surface area contributed by atoms with Gasteiger partial charge in [-0.25, -0.2) is 0 Å². The number of ether oxygens (including phenoxy) is 8. The van der Waals surface area contributed by atoms with Crippen molar-refractivity contribution in [3.05, 3.63) is 403 Å². The van der Waals surface area contributed by atoms with Gasteiger partial charge in [0.05, 0.1) is 42.9 Å². The largest absolute Gasteiger partial charge is 0.508 e. The lowest BCUT2D eigenvalue weighted by molar-refractivity contribution is 0.100. The number of aliphatic hydroxyl groups excluding tert-OH is 1. The van der Waals surface area contributed by atoms with Gasteiger partial charge < -0.3 is 80.0 Å². The molecule has 12 aromatic carbocycles. The number of rotatable bonds is 11. The Morgan fingerprint density at radius 1 is 0.289 bits per heavy atom. The first-order valence-electron chi connectivity index (χ1n) is 51.5. The zero-order chi connectivity index (χ0) is 102. The van der Waals surface area contributed by atoms with Gasteiger partial charge >= 0.3 is 0 Å². The number of ketones is 4. The number of Topliss-reactive ketones (excluding diaryl/α,β-unsaturated/α-hetero) is 4. The van der Waals surface area contributed by atoms with Gasteiger partial charge in [0.2, 0.25) is 27.2 Å². The number of carbonyl (C=O) groups is 4. The average molecular weight is 2250 g/mol. The number of allylic oxidation sites excluding steroid dienone is 12. The maximum atomic E-state index is 11.8. The Labute approximate surface area is 901 Å². The Bertz CT molecular complexity index is 7380. The third-order valence-corrected chi connectivity index (χ3v) is 35.4. The summed E-state index contributed by atoms with van der Waals surface area (Å²) in [6, 6.07) is 72.8. The van der Waals surface area contributed by atoms with Gasteiger partial charge in [0.25, 0.3) is 0 Å². The van der Waals surface area contributed by atoms with E-state index in [1.54, 1.807) is 39.8 Å². The van der Waals surface area contributed by atoms with E-state index in [2.05, 4.69) is 268 Å². The van der Waals surface area contributed by atoms with E-state index in [4.69, 9.17) is 37.9 Å². The van der Waals surface area contributed by atoms with E-state index in [0.29, 0.717) is 84.6 Å². The van der Waals surface area contributed by atoms with E-state index in [1.807, 2.05) is 121 Å². The second-order valence-electron chi connectivity index (χ2n) is 42.3. The van der Waals surface area contributed by atoms with Crippen LogP contribution in [0.5, 0.6) is 51.7 Å². The topological polar surface area (TPSA) is 255 Å². The first-order valence-corrected chi connectivity index (χ1v) is 54.7. The molecule has 0 aromatic heterocycles. The van der Waals surface area contributed by atoms with Crippen LogP contribution in [0.2, 0.25) is 0 Å². The molecule has 20 nitrogen and oxygen atoms in total. The van der Waals surface area contributed by atoms with Crippen molar-refractivity contribution in [3.63, 3.8) is 0 Å². The Balaban J connectivity index is 0.0000000982. The molecule has 0 saturated heterocycles. The van der Waals surface area contributed by atoms with Crippen LogP contribution in [-0.2, 0) is 12.0 Å². The maximum Gasteiger partial charge on any atom is 0.231 e. The van der Waals surface area contributed by atoms with Gasteiger partial charge in [-0.05, 0) is 331 Å². The van der Waals surface area contributed by atoms with Crippen molar-refractivity contribution in [3.8, 4) is 51.7 Å². The van der Waals surface area contributed by atoms with Crippen molar-refractivity contribution in [2.45, 2.75) is 171 Å². The van der Waals surface area contributed by atoms with Crippen LogP contribution in [0.1, 0.15) is 278 Å². The summed E-state index contributed by atoms with van der Waals surface area (Å²) in [6.07, 6.45) is 33.7. The number of hydrogen-bond donors (Lipinski definition) is 8. The minimum Gasteiger partial charge on any atom is -0.508 e. The van der Waals surface area contributed by atoms with Crippen LogP contribution in [-0.4, -0.2) is 60.5 Å². The zero-order valence-electron chi connectivity index (χ0n) is 83.6. The quantitative estimate of drug-likeness (QED) is 0.0442. The van der Waals surface area contributed by atoms with Crippen LogP contribution in [0.25, 0.3) is 0 Å². The first-order chi connectivity index (χ1) is 72.3. The third-order valence-electron chi connectivity index (χ3n) is 32.7. The minimum absolute atomic E-state index is 0.0721. The lowest BCUT2D eigenvalue weighted by Gasteiger charge is -2.38. The van der Waals surface area contributed by atoms with Crippen LogP contribution in [0.3, 0.4) is 0 Å². The van der Waals surface area contributed by atoms with Gasteiger partial charge in [-0.3, -0.25) is 19.2 Å². The second-order valence-corrected chi connectivity index (χ2v) is 45.7. The number of hydrogen-bond acceptors (Lipinski definition) is 20. The molecular weight excluding hydrogens is 2130 g/mol. The molecule has 0 spiro atoms. The average Bonchev–Trinajstić information content (AvgIpc) is 1.69. The summed E-state index contributed by atoms with van der Waals surface area (Å²) >= 11 is 14.9. The summed E-state index contributed by atoms with van der Waals surface area (Å²) in [5, 5.41) is 41.1. The highest BCUT2D eigenvalue weighted by Gasteiger charge is 2.47. The summed E-state index contributed by atoms with van der Waals surface area (Å²) in [6.45, 7) is 14.5. The van der Waals surface area contributed by atoms with E-state index in [1.165, 1.54) is 83.7 Å². The molecule has 12 aromatic rings. The Morgan fingerprint density at radius 3 is 0.826 bits per heavy atom. The molecular formula is C125H116Br4N6O14. The lowest BCUT2D eigenvalue weighted by Crippen LogP contribution is -2.29. The monoisotopic (exact) mass is 2240 g/mol. The molecule has 24 heteroatoms. The van der Waals surface area contributed by atoms with Crippen LogP contribution < -0.4 is 69.8 Å². The van der Waals surface area contributed by atoms with Gasteiger partial charge in [0.1, 0.15) is 5.75 Å². The number of aromatic hydroxyl groups is 1. The van der Waals surface area contributed by atoms with Gasteiger partial charge in [0.15, 0.2) is 69.1 Å². The number of halogens is 4. The Kier molecular flexibility index (Phi) is 27.3. The number of para-hydroxylation sites is 1. The third kappa shape index (κ3) is 19.3. The Hall–Kier alpha value is -13.4. The molecule has 0 saturated carbocycles. The number of fused-ring (bicyclic) bond motifs is 22. The van der Waals surface area contributed by atoms with Crippen molar-refractivity contribution < 1.29 is 67.3 Å². The molecule has 10 aliphatic heterocycles. The molecule has 758 valence electrons. The van der Waals surface area contributed by atoms with E-state index >= 15 is 0 Å². The minimum atomic E-state index is 0.0721. The van der Waals surface area contributed by atoms with Gasteiger partial charge in [0, 0.05) is 110 Å². The first kappa shape index (κ1) is 98.9. The molecule has 0 bridgehead atoms. The van der Waals surface area contributed by atoms with Crippen LogP contribution >= 0.6 is 63.7 Å². The van der Waals surface area contributed by atoms with Crippen molar-refractivity contribution in [1.82, 2.24) is 0 Å². The van der Waals surface area contributed by atoms with Gasteiger partial charge in [-0.1, -0.05) is 224 Å². The molecule has 28 rings (SSSR count). The van der Waals surface area contributed by atoms with Crippen LogP contribution in [0.15, 0.2) is 303 Å². The number of nitrogens with one attached hydrogen (secondary N) is 6. The van der Waals surface area contributed by atoms with Crippen molar-refractivity contribution >= 4 is 121 Å². The number of carbonyl (C=O) groups excluding carboxylic acids is 4. The van der Waals surface area contributed by atoms with Gasteiger partial charge in [-0.15, -0.1) is 0 Å². The maximum absolute atomic E-state index is 11.8. The molecule has 8 N–H and O–H groups in total. The number of phenols is 1. The molecule has 0 fully saturated rings. The van der Waals surface area contributed by atoms with Crippen LogP contribution in [0, 0.1) is 35.5 Å². The lowest BCUT2D eigenvalue weighted by atomic mass is 9.75. The highest BCUT2D eigenvalue weighted by molar-refractivity contribution is 9.11. The normalized spacial score (nSPS) is 25.0. The Morgan fingerprint density at radius 2 is 0.537 bits per heavy atom. The van der Waals surface area contributed by atoms with E-state index in [-0.39, 0.29) is 90.7 Å². The SMILES string of the molecule is Brc1cc2c(cc1C1Nc3ccccc3C3C=CCC31)OCO2.CC(=O)c1ccc2c(c1)C1C=CCC1C(c1ccc(CO)cc1)N2.CC(=O)c1ccc2c(c1)C1C=CCC1C(c1ccc(O)cc1)N2.CC(=O)c1ccc2c(c1)[C@@H]1C=CC[C@@H]1[C@@H](c1cc3c(cc1Br)OCO3)N2.CC(=O)c1ccc2c(c1)[C@H]1C=CC[C@H]1[C@H](c1cc3c(cc1Br)OCO3)N2.CC(C)(C)c1ccc2c(c1)C1C=CCC1C(c1cc3c(cc1Br)OCO3)N2. The van der Waals surface area contributed by atoms with Gasteiger partial charge in [-0.2, -0.15) is 0 Å². The zero-order valence-corrected chi connectivity index (χ0v) is 90.0. The standard InChI is InChI=1S/C23H24BrNO2.2C21H18BrNO3.C21H21NO2.C20H19NO2.C19H16BrNO2/c1-23(2,3)13-7-8-19-16(9-13)14-5-4-6-15(14)22(25-19)17-10-20-21(11-18(17)24)27-12-26-20;2*1-11(24)12-5-6-18-15(7-12)13-3-2-4-14(13)21(23-18)16-8-19-20(9-17(16)22)26-10-25-19;1-13(24)16-9-10-20-19(11-16)17-3-2-4-18(17)21(22-20)15-7-5-14(12-23)6-8-15;1-12(22)14-7-10-19-18(11-14)16-3-2-4-17(16)20(21-19)13-5-8-15(23)9-6-13;20-15-9-18-17(22-10-23-18)8-14(15)19-13-6-3-5-11(13)12-4-1-2-7-16(12)21-19/h4-5,7-11,14-15,22,25H,6,12H2,1-3H3;2*2-3,5-9,13-14,21,23H,4,10H2,1H3;2-3,5-11,17-18,21-23H,4,12H2,1H3;2-3,5-11,16-17,20-21,23H,4H2,1H3;1-5,7-9,11,13,19,21H,6,10H2/t;2*13-,14+,21+;;;/m.10.../s1. The van der Waals surface area contributed by atoms with Crippen LogP contribution in [0.4, 0.5) is 34.1 Å². The fraction of sp³-hybridized carbons (Fsp3) is 0.296. The highest BCUT2D eigenvalue weighted by atomic mass is 79.9. The molecule has 149 heavy (non-hydrogen) atoms. The summed E-state index contributed by atoms with van der Waals surface area (Å²) in [7, 11) is 0. The highest BCUT2D eigenvalue weighted by Crippen LogP contribution is 2.61. The summed E-state index contributed by atoms with van der Waals surface area (Å²) < 4.78 is 48.5. The predicted molar refractivity (Wildman–Crippen MR) is 597 cm³/mol. The molecule has 16 aliphatic rings. The number of anilines is 6. The van der Waals surface area contributed by atoms with Crippen molar-refractivity contribution in [2.75, 3.05) is 59.1 Å². The van der Waals surface area contributed by atoms with E-state index in [9.17, 15) is 29.4 Å². The molecule has 12 unspecified atom stereocenters. The summed E-state index contributed by atoms with van der Waals surface area (Å²) in [5.74, 6) is 12.2. The van der Waals surface area contributed by atoms with E-state index < -0.39 is 0 Å². The molecule has 0 radical (unpaired) electrons. The number of aliphatic hydroxyl groups is 1. The van der Waals surface area contributed by atoms with E-state index in [0.717, 1.165) is 153 Å². The summed E-state index contributed by atoms with van der Waals surface area (Å²) in [4.78, 5) is 47.0. The molecule has 6 aliphatic carbocycles. The predicted octanol–water partition coefficient (Wildman–Crippen LogP) is 30.3. The fourth-order valence-electron chi connectivity index (χ4n) is 24.9. The number of benzene rings is 12. The number of phenolic OH excluding ortho intramolecular Hbond substituents is 1. The smallest absolute Gasteiger partial charge is 0.231 e. The fourth-order valence-corrected chi connectivity index (χ4v) is 27.2. The van der Waals surface area contributed by atoms with Crippen molar-refractivity contribution in [1.29, 1.82) is 0 Å². The molecule has 10 heterocycles. The second kappa shape index (κ2) is 41.2. The summed E-state index contributed by atoms with van der Waals surface area (Å²) in [5.41, 5.74) is 27.4. The molecule has 18 atom stereocenters.